The zero-order chi connectivity index (χ0) is 14.4. The first kappa shape index (κ1) is 13.9. The topological polar surface area (TPSA) is 25.8 Å². The molecule has 1 aromatic heterocycles. The highest BCUT2D eigenvalue weighted by Gasteiger charge is 2.39. The Morgan fingerprint density at radius 3 is 2.11 bits per heavy atom. The van der Waals surface area contributed by atoms with E-state index in [0.717, 1.165) is 6.20 Å². The maximum Gasteiger partial charge on any atom is 0.418 e. The van der Waals surface area contributed by atoms with Gasteiger partial charge in [0.25, 0.3) is 0 Å². The summed E-state index contributed by atoms with van der Waals surface area (Å²) >= 11 is 5.56. The smallest absolute Gasteiger partial charge is 0.166 e. The van der Waals surface area contributed by atoms with Crippen LogP contribution in [0.25, 0.3) is 10.9 Å². The second-order valence-corrected chi connectivity index (χ2v) is 4.02. The minimum absolute atomic E-state index is 0.00660. The lowest BCUT2D eigenvalue weighted by molar-refractivity contribution is -0.142. The van der Waals surface area contributed by atoms with Crippen LogP contribution in [0.2, 0.25) is 5.02 Å². The van der Waals surface area contributed by atoms with Gasteiger partial charge in [-0.25, -0.2) is 0 Å². The third-order valence-corrected chi connectivity index (χ3v) is 2.63. The average molecular weight is 301 g/mol. The van der Waals surface area contributed by atoms with E-state index < -0.39 is 34.4 Å². The Balaban J connectivity index is 2.89. The molecule has 0 amide bonds. The quantitative estimate of drug-likeness (QED) is 0.677. The Kier molecular flexibility index (Phi) is 3.08. The predicted octanol–water partition coefficient (Wildman–Crippen LogP) is 4.32. The number of alkyl halides is 6. The lowest BCUT2D eigenvalue weighted by Gasteiger charge is -2.14. The second kappa shape index (κ2) is 4.22. The Morgan fingerprint density at radius 1 is 0.947 bits per heavy atom. The molecule has 0 spiro atoms. The molecule has 0 radical (unpaired) electrons. The van der Waals surface area contributed by atoms with E-state index in [-0.39, 0.29) is 11.1 Å². The molecular formula is C10H3ClF6N2. The average Bonchev–Trinajstić information content (AvgIpc) is 2.25. The van der Waals surface area contributed by atoms with Gasteiger partial charge in [0.2, 0.25) is 0 Å². The molecule has 2 aromatic rings. The summed E-state index contributed by atoms with van der Waals surface area (Å²) in [6.45, 7) is 0. The Labute approximate surface area is 107 Å². The fourth-order valence-corrected chi connectivity index (χ4v) is 1.70. The summed E-state index contributed by atoms with van der Waals surface area (Å²) in [6, 6.07) is 0.509. The standard InChI is InChI=1S/C10H3ClF6N2/c11-7-3-18-19-8-5(7)1-4(9(12,13)14)2-6(8)10(15,16)17/h1-3H. The SMILES string of the molecule is FC(F)(F)c1cc(C(F)(F)F)c2nncc(Cl)c2c1. The first-order valence-electron chi connectivity index (χ1n) is 4.70. The summed E-state index contributed by atoms with van der Waals surface area (Å²) < 4.78 is 75.9. The summed E-state index contributed by atoms with van der Waals surface area (Å²) in [5.41, 5.74) is -3.68. The molecule has 0 saturated carbocycles. The van der Waals surface area contributed by atoms with E-state index >= 15 is 0 Å². The monoisotopic (exact) mass is 300 g/mol. The lowest BCUT2D eigenvalue weighted by atomic mass is 10.0. The van der Waals surface area contributed by atoms with Crippen molar-refractivity contribution in [2.45, 2.75) is 12.4 Å². The molecule has 9 heteroatoms. The van der Waals surface area contributed by atoms with Crippen LogP contribution in [0.5, 0.6) is 0 Å². The Hall–Kier alpha value is -1.57. The van der Waals surface area contributed by atoms with Crippen LogP contribution < -0.4 is 0 Å². The summed E-state index contributed by atoms with van der Waals surface area (Å²) in [6.07, 6.45) is -9.02. The van der Waals surface area contributed by atoms with Gasteiger partial charge in [-0.2, -0.15) is 31.4 Å². The van der Waals surface area contributed by atoms with E-state index in [1.165, 1.54) is 0 Å². The molecule has 0 aliphatic carbocycles. The fraction of sp³-hybridized carbons (Fsp3) is 0.200. The number of nitrogens with zero attached hydrogens (tertiary/aromatic N) is 2. The summed E-state index contributed by atoms with van der Waals surface area (Å²) in [4.78, 5) is 0. The van der Waals surface area contributed by atoms with Gasteiger partial charge in [0, 0.05) is 5.39 Å². The minimum Gasteiger partial charge on any atom is -0.166 e. The van der Waals surface area contributed by atoms with E-state index in [1.807, 2.05) is 0 Å². The van der Waals surface area contributed by atoms with E-state index in [1.54, 1.807) is 0 Å². The third-order valence-electron chi connectivity index (χ3n) is 2.33. The molecule has 1 aromatic carbocycles. The maximum atomic E-state index is 12.7. The van der Waals surface area contributed by atoms with Gasteiger partial charge in [0.1, 0.15) is 5.52 Å². The molecule has 0 aliphatic rings. The molecule has 2 nitrogen and oxygen atoms in total. The molecule has 0 bridgehead atoms. The van der Waals surface area contributed by atoms with Crippen LogP contribution in [0.15, 0.2) is 18.3 Å². The van der Waals surface area contributed by atoms with Crippen LogP contribution in [0.4, 0.5) is 26.3 Å². The van der Waals surface area contributed by atoms with Gasteiger partial charge in [-0.1, -0.05) is 11.6 Å². The first-order chi connectivity index (χ1) is 8.60. The molecule has 0 atom stereocenters. The number of aromatic nitrogens is 2. The number of hydrogen-bond acceptors (Lipinski definition) is 2. The number of rotatable bonds is 0. The molecule has 0 saturated heterocycles. The normalized spacial score (nSPS) is 13.0. The van der Waals surface area contributed by atoms with Crippen molar-refractivity contribution in [1.82, 2.24) is 10.2 Å². The van der Waals surface area contributed by atoms with Gasteiger partial charge in [0.15, 0.2) is 0 Å². The molecule has 0 aliphatic heterocycles. The summed E-state index contributed by atoms with van der Waals surface area (Å²) in [5.74, 6) is 0. The van der Waals surface area contributed by atoms with Crippen LogP contribution >= 0.6 is 11.6 Å². The number of benzene rings is 1. The molecule has 2 rings (SSSR count). The largest absolute Gasteiger partial charge is 0.418 e. The molecule has 0 fully saturated rings. The highest BCUT2D eigenvalue weighted by Crippen LogP contribution is 2.40. The molecular weight excluding hydrogens is 298 g/mol. The van der Waals surface area contributed by atoms with E-state index in [2.05, 4.69) is 10.2 Å². The summed E-state index contributed by atoms with van der Waals surface area (Å²) in [5, 5.41) is 5.65. The van der Waals surface area contributed by atoms with Gasteiger partial charge in [0.05, 0.1) is 22.3 Å². The Morgan fingerprint density at radius 2 is 1.58 bits per heavy atom. The predicted molar refractivity (Wildman–Crippen MR) is 54.6 cm³/mol. The van der Waals surface area contributed by atoms with Crippen LogP contribution in [0, 0.1) is 0 Å². The van der Waals surface area contributed by atoms with Crippen molar-refractivity contribution in [2.24, 2.45) is 0 Å². The van der Waals surface area contributed by atoms with Gasteiger partial charge in [-0.15, -0.1) is 5.10 Å². The van der Waals surface area contributed by atoms with Crippen molar-refractivity contribution in [3.8, 4) is 0 Å². The first-order valence-corrected chi connectivity index (χ1v) is 5.08. The molecule has 102 valence electrons. The van der Waals surface area contributed by atoms with Gasteiger partial charge >= 0.3 is 12.4 Å². The second-order valence-electron chi connectivity index (χ2n) is 3.61. The number of hydrogen-bond donors (Lipinski definition) is 0. The number of halogens is 7. The van der Waals surface area contributed by atoms with Crippen LogP contribution in [0.1, 0.15) is 11.1 Å². The fourth-order valence-electron chi connectivity index (χ4n) is 1.51. The third kappa shape index (κ3) is 2.58. The number of fused-ring (bicyclic) bond motifs is 1. The zero-order valence-corrected chi connectivity index (χ0v) is 9.53. The van der Waals surface area contributed by atoms with Crippen molar-refractivity contribution in [2.75, 3.05) is 0 Å². The summed E-state index contributed by atoms with van der Waals surface area (Å²) in [7, 11) is 0. The van der Waals surface area contributed by atoms with Crippen molar-refractivity contribution >= 4 is 22.5 Å². The van der Waals surface area contributed by atoms with E-state index in [4.69, 9.17) is 11.6 Å². The van der Waals surface area contributed by atoms with Gasteiger partial charge < -0.3 is 0 Å². The van der Waals surface area contributed by atoms with Crippen molar-refractivity contribution < 1.29 is 26.3 Å². The highest BCUT2D eigenvalue weighted by molar-refractivity contribution is 6.35. The highest BCUT2D eigenvalue weighted by atomic mass is 35.5. The lowest BCUT2D eigenvalue weighted by Crippen LogP contribution is -2.12. The van der Waals surface area contributed by atoms with Crippen molar-refractivity contribution in [3.63, 3.8) is 0 Å². The van der Waals surface area contributed by atoms with Crippen LogP contribution in [-0.4, -0.2) is 10.2 Å². The van der Waals surface area contributed by atoms with Crippen LogP contribution in [-0.2, 0) is 12.4 Å². The molecule has 19 heavy (non-hydrogen) atoms. The van der Waals surface area contributed by atoms with Crippen molar-refractivity contribution in [1.29, 1.82) is 0 Å². The van der Waals surface area contributed by atoms with E-state index in [9.17, 15) is 26.3 Å². The molecule has 0 N–H and O–H groups in total. The molecule has 1 heterocycles. The Bertz CT molecular complexity index is 634. The van der Waals surface area contributed by atoms with Gasteiger partial charge in [-0.05, 0) is 12.1 Å². The van der Waals surface area contributed by atoms with Gasteiger partial charge in [-0.3, -0.25) is 0 Å². The van der Waals surface area contributed by atoms with E-state index in [0.29, 0.717) is 6.07 Å². The minimum atomic E-state index is -4.99. The maximum absolute atomic E-state index is 12.7. The van der Waals surface area contributed by atoms with Crippen LogP contribution in [0.3, 0.4) is 0 Å². The zero-order valence-electron chi connectivity index (χ0n) is 8.77. The van der Waals surface area contributed by atoms with Crippen molar-refractivity contribution in [3.05, 3.63) is 34.5 Å². The molecule has 0 unspecified atom stereocenters.